The van der Waals surface area contributed by atoms with E-state index in [9.17, 15) is 9.90 Å². The number of nitrogens with zero attached hydrogens (tertiary/aromatic N) is 1. The van der Waals surface area contributed by atoms with Gasteiger partial charge in [0.15, 0.2) is 6.29 Å². The summed E-state index contributed by atoms with van der Waals surface area (Å²) in [5.41, 5.74) is 0.149. The lowest BCUT2D eigenvalue weighted by atomic mass is 9.74. The molecule has 3 aliphatic heterocycles. The van der Waals surface area contributed by atoms with Crippen molar-refractivity contribution in [2.24, 2.45) is 0 Å². The molecule has 0 saturated carbocycles. The Hall–Kier alpha value is -1.63. The fourth-order valence-electron chi connectivity index (χ4n) is 4.62. The number of benzene rings is 1. The quantitative estimate of drug-likeness (QED) is 0.893. The molecule has 3 fully saturated rings. The maximum absolute atomic E-state index is 12.7. The van der Waals surface area contributed by atoms with Crippen molar-refractivity contribution in [3.05, 3.63) is 35.9 Å². The topological polar surface area (TPSA) is 68.2 Å². The van der Waals surface area contributed by atoms with E-state index in [1.807, 2.05) is 35.2 Å². The molecule has 1 aromatic carbocycles. The molecule has 3 saturated heterocycles. The first-order valence-electron chi connectivity index (χ1n) is 9.58. The van der Waals surface area contributed by atoms with Crippen molar-refractivity contribution in [3.63, 3.8) is 0 Å². The summed E-state index contributed by atoms with van der Waals surface area (Å²) < 4.78 is 16.6. The Balaban J connectivity index is 1.39. The van der Waals surface area contributed by atoms with Crippen LogP contribution in [0.25, 0.3) is 0 Å². The molecule has 1 amide bonds. The lowest BCUT2D eigenvalue weighted by Crippen LogP contribution is -2.60. The Morgan fingerprint density at radius 1 is 1.15 bits per heavy atom. The van der Waals surface area contributed by atoms with Crippen LogP contribution < -0.4 is 0 Å². The molecule has 2 atom stereocenters. The highest BCUT2D eigenvalue weighted by molar-refractivity contribution is 5.69. The van der Waals surface area contributed by atoms with E-state index in [-0.39, 0.29) is 31.1 Å². The second kappa shape index (κ2) is 7.55. The summed E-state index contributed by atoms with van der Waals surface area (Å²) in [6, 6.07) is 9.77. The molecule has 0 radical (unpaired) electrons. The lowest BCUT2D eigenvalue weighted by molar-refractivity contribution is -0.141. The predicted octanol–water partition coefficient (Wildman–Crippen LogP) is 2.83. The van der Waals surface area contributed by atoms with Crippen LogP contribution in [-0.4, -0.2) is 53.3 Å². The van der Waals surface area contributed by atoms with Crippen molar-refractivity contribution in [1.82, 2.24) is 4.90 Å². The van der Waals surface area contributed by atoms with Gasteiger partial charge in [-0.2, -0.15) is 0 Å². The normalized spacial score (nSPS) is 31.8. The maximum atomic E-state index is 12.7. The van der Waals surface area contributed by atoms with Crippen LogP contribution in [0.4, 0.5) is 4.79 Å². The number of fused-ring (bicyclic) bond motifs is 2. The minimum atomic E-state index is -0.832. The summed E-state index contributed by atoms with van der Waals surface area (Å²) in [6.45, 7) is 1.46. The summed E-state index contributed by atoms with van der Waals surface area (Å²) in [7, 11) is 0. The van der Waals surface area contributed by atoms with Crippen LogP contribution in [0.1, 0.15) is 44.1 Å². The summed E-state index contributed by atoms with van der Waals surface area (Å²) >= 11 is 0. The third-order valence-corrected chi connectivity index (χ3v) is 5.75. The molecule has 0 spiro atoms. The molecule has 6 heteroatoms. The second-order valence-electron chi connectivity index (χ2n) is 7.69. The van der Waals surface area contributed by atoms with Gasteiger partial charge in [-0.15, -0.1) is 0 Å². The molecule has 0 aliphatic carbocycles. The fraction of sp³-hybridized carbons (Fsp3) is 0.650. The highest BCUT2D eigenvalue weighted by Crippen LogP contribution is 2.42. The molecule has 2 unspecified atom stereocenters. The number of rotatable bonds is 4. The molecule has 1 aromatic rings. The van der Waals surface area contributed by atoms with Crippen molar-refractivity contribution in [2.45, 2.75) is 69.1 Å². The van der Waals surface area contributed by atoms with Gasteiger partial charge in [0.25, 0.3) is 0 Å². The fourth-order valence-corrected chi connectivity index (χ4v) is 4.62. The molecule has 142 valence electrons. The average Bonchev–Trinajstić information content (AvgIpc) is 3.12. The predicted molar refractivity (Wildman–Crippen MR) is 94.4 cm³/mol. The van der Waals surface area contributed by atoms with Gasteiger partial charge in [0, 0.05) is 18.5 Å². The standard InChI is InChI=1S/C20H27NO5/c22-19(26-14-15-5-2-1-3-6-15)21-16-7-4-8-17(21)12-20(23,11-16)13-18-24-9-10-25-18/h1-3,5-6,16-18,23H,4,7-14H2. The Morgan fingerprint density at radius 3 is 2.46 bits per heavy atom. The van der Waals surface area contributed by atoms with Gasteiger partial charge >= 0.3 is 6.09 Å². The van der Waals surface area contributed by atoms with E-state index in [0.29, 0.717) is 32.5 Å². The van der Waals surface area contributed by atoms with Crippen molar-refractivity contribution >= 4 is 6.09 Å². The van der Waals surface area contributed by atoms with Gasteiger partial charge < -0.3 is 24.2 Å². The number of ether oxygens (including phenoxy) is 3. The van der Waals surface area contributed by atoms with Gasteiger partial charge in [-0.25, -0.2) is 4.79 Å². The molecule has 0 aromatic heterocycles. The highest BCUT2D eigenvalue weighted by atomic mass is 16.7. The Labute approximate surface area is 154 Å². The first kappa shape index (κ1) is 17.8. The van der Waals surface area contributed by atoms with Crippen molar-refractivity contribution < 1.29 is 24.1 Å². The second-order valence-corrected chi connectivity index (χ2v) is 7.69. The van der Waals surface area contributed by atoms with Crippen LogP contribution in [0.3, 0.4) is 0 Å². The van der Waals surface area contributed by atoms with Crippen LogP contribution >= 0.6 is 0 Å². The Kier molecular flexibility index (Phi) is 5.16. The molecule has 26 heavy (non-hydrogen) atoms. The number of hydrogen-bond acceptors (Lipinski definition) is 5. The third-order valence-electron chi connectivity index (χ3n) is 5.75. The number of piperidine rings is 2. The van der Waals surface area contributed by atoms with Crippen LogP contribution in [-0.2, 0) is 20.8 Å². The van der Waals surface area contributed by atoms with Gasteiger partial charge in [-0.1, -0.05) is 30.3 Å². The van der Waals surface area contributed by atoms with E-state index in [2.05, 4.69) is 0 Å². The monoisotopic (exact) mass is 361 g/mol. The number of amides is 1. The van der Waals surface area contributed by atoms with Crippen molar-refractivity contribution in [1.29, 1.82) is 0 Å². The third kappa shape index (κ3) is 3.87. The number of aliphatic hydroxyl groups is 1. The maximum Gasteiger partial charge on any atom is 0.410 e. The number of carbonyl (C=O) groups excluding carboxylic acids is 1. The molecular weight excluding hydrogens is 334 g/mol. The van der Waals surface area contributed by atoms with E-state index in [0.717, 1.165) is 24.8 Å². The minimum absolute atomic E-state index is 0.0252. The first-order valence-corrected chi connectivity index (χ1v) is 9.58. The van der Waals surface area contributed by atoms with E-state index in [1.165, 1.54) is 0 Å². The van der Waals surface area contributed by atoms with Crippen LogP contribution in [0, 0.1) is 0 Å². The molecule has 3 aliphatic rings. The first-order chi connectivity index (χ1) is 12.6. The summed E-state index contributed by atoms with van der Waals surface area (Å²) in [6.07, 6.45) is 3.92. The van der Waals surface area contributed by atoms with E-state index >= 15 is 0 Å². The largest absolute Gasteiger partial charge is 0.445 e. The average molecular weight is 361 g/mol. The van der Waals surface area contributed by atoms with Crippen molar-refractivity contribution in [2.75, 3.05) is 13.2 Å². The van der Waals surface area contributed by atoms with Crippen LogP contribution in [0.2, 0.25) is 0 Å². The lowest BCUT2D eigenvalue weighted by Gasteiger charge is -2.51. The zero-order valence-electron chi connectivity index (χ0n) is 15.0. The van der Waals surface area contributed by atoms with E-state index in [4.69, 9.17) is 14.2 Å². The highest BCUT2D eigenvalue weighted by Gasteiger charge is 2.49. The van der Waals surface area contributed by atoms with Gasteiger partial charge in [0.05, 0.1) is 18.8 Å². The van der Waals surface area contributed by atoms with Gasteiger partial charge in [-0.3, -0.25) is 0 Å². The Bertz CT molecular complexity index is 602. The van der Waals surface area contributed by atoms with Crippen LogP contribution in [0.5, 0.6) is 0 Å². The SMILES string of the molecule is O=C(OCc1ccccc1)N1C2CCCC1CC(O)(CC1OCCO1)C2. The zero-order chi connectivity index (χ0) is 18.0. The van der Waals surface area contributed by atoms with Gasteiger partial charge in [0.2, 0.25) is 0 Å². The summed E-state index contributed by atoms with van der Waals surface area (Å²) in [4.78, 5) is 14.6. The molecule has 6 nitrogen and oxygen atoms in total. The van der Waals surface area contributed by atoms with Crippen LogP contribution in [0.15, 0.2) is 30.3 Å². The summed E-state index contributed by atoms with van der Waals surface area (Å²) in [5.74, 6) is 0. The zero-order valence-corrected chi connectivity index (χ0v) is 15.0. The van der Waals surface area contributed by atoms with Crippen molar-refractivity contribution in [3.8, 4) is 0 Å². The number of hydrogen-bond donors (Lipinski definition) is 1. The van der Waals surface area contributed by atoms with E-state index in [1.54, 1.807) is 0 Å². The van der Waals surface area contributed by atoms with Gasteiger partial charge in [-0.05, 0) is 37.7 Å². The Morgan fingerprint density at radius 2 is 1.81 bits per heavy atom. The molecule has 1 N–H and O–H groups in total. The summed E-state index contributed by atoms with van der Waals surface area (Å²) in [5, 5.41) is 11.1. The minimum Gasteiger partial charge on any atom is -0.445 e. The smallest absolute Gasteiger partial charge is 0.410 e. The van der Waals surface area contributed by atoms with E-state index < -0.39 is 5.60 Å². The van der Waals surface area contributed by atoms with Gasteiger partial charge in [0.1, 0.15) is 6.61 Å². The number of carbonyl (C=O) groups is 1. The molecule has 3 heterocycles. The molecular formula is C20H27NO5. The molecule has 4 rings (SSSR count). The molecule has 2 bridgehead atoms.